The number of piperidine rings is 1. The Morgan fingerprint density at radius 2 is 1.89 bits per heavy atom. The first-order valence-corrected chi connectivity index (χ1v) is 13.2. The summed E-state index contributed by atoms with van der Waals surface area (Å²) >= 11 is 4.19. The fraction of sp³-hybridized carbons (Fsp3) is 0.308. The van der Waals surface area contributed by atoms with Gasteiger partial charge in [-0.2, -0.15) is 0 Å². The van der Waals surface area contributed by atoms with E-state index in [-0.39, 0.29) is 29.9 Å². The molecule has 0 atom stereocenters. The first-order valence-electron chi connectivity index (χ1n) is 11.6. The van der Waals surface area contributed by atoms with Crippen LogP contribution in [0, 0.1) is 6.92 Å². The van der Waals surface area contributed by atoms with E-state index in [2.05, 4.69) is 21.2 Å². The molecule has 2 saturated heterocycles. The van der Waals surface area contributed by atoms with Crippen molar-refractivity contribution < 1.29 is 23.9 Å². The lowest BCUT2D eigenvalue weighted by atomic mass is 10.1. The van der Waals surface area contributed by atoms with Crippen LogP contribution >= 0.6 is 27.7 Å². The molecular weight excluding hydrogens is 546 g/mol. The first kappa shape index (κ1) is 26.0. The maximum Gasteiger partial charge on any atom is 0.294 e. The molecule has 0 radical (unpaired) electrons. The van der Waals surface area contributed by atoms with Crippen LogP contribution in [0.5, 0.6) is 5.75 Å². The van der Waals surface area contributed by atoms with Crippen molar-refractivity contribution in [2.24, 2.45) is 0 Å². The second-order valence-electron chi connectivity index (χ2n) is 8.60. The molecule has 0 spiro atoms. The van der Waals surface area contributed by atoms with Crippen molar-refractivity contribution >= 4 is 62.4 Å². The van der Waals surface area contributed by atoms with Crippen LogP contribution in [0.15, 0.2) is 51.8 Å². The third kappa shape index (κ3) is 6.55. The number of nitrogens with one attached hydrogen (secondary N) is 1. The van der Waals surface area contributed by atoms with Gasteiger partial charge in [-0.1, -0.05) is 28.1 Å². The number of carbonyl (C=O) groups excluding carboxylic acids is 4. The largest absolute Gasteiger partial charge is 0.483 e. The number of hydrogen-bond acceptors (Lipinski definition) is 6. The van der Waals surface area contributed by atoms with E-state index in [0.29, 0.717) is 30.1 Å². The van der Waals surface area contributed by atoms with Gasteiger partial charge in [0.25, 0.3) is 17.1 Å². The molecule has 2 heterocycles. The van der Waals surface area contributed by atoms with Crippen LogP contribution in [-0.4, -0.2) is 59.0 Å². The van der Waals surface area contributed by atoms with Gasteiger partial charge in [-0.15, -0.1) is 0 Å². The molecule has 2 aromatic carbocycles. The maximum absolute atomic E-state index is 13.0. The Bertz CT molecular complexity index is 1230. The molecule has 4 amide bonds. The lowest BCUT2D eigenvalue weighted by molar-refractivity contribution is -0.136. The topological polar surface area (TPSA) is 96.0 Å². The van der Waals surface area contributed by atoms with Crippen LogP contribution in [-0.2, 0) is 14.4 Å². The molecule has 2 fully saturated rings. The zero-order valence-corrected chi connectivity index (χ0v) is 22.2. The van der Waals surface area contributed by atoms with Crippen molar-refractivity contribution in [1.82, 2.24) is 9.80 Å². The van der Waals surface area contributed by atoms with Crippen molar-refractivity contribution in [3.8, 4) is 5.75 Å². The second-order valence-corrected chi connectivity index (χ2v) is 10.5. The number of amides is 4. The highest BCUT2D eigenvalue weighted by Crippen LogP contribution is 2.35. The molecule has 188 valence electrons. The molecule has 2 aliphatic heterocycles. The van der Waals surface area contributed by atoms with Gasteiger partial charge in [0.1, 0.15) is 12.3 Å². The lowest BCUT2D eigenvalue weighted by Gasteiger charge is -2.27. The molecule has 0 aliphatic carbocycles. The zero-order valence-electron chi connectivity index (χ0n) is 19.8. The number of nitrogens with zero attached hydrogens (tertiary/aromatic N) is 2. The second kappa shape index (κ2) is 11.7. The van der Waals surface area contributed by atoms with Crippen LogP contribution in [0.4, 0.5) is 10.5 Å². The maximum atomic E-state index is 13.0. The minimum atomic E-state index is -0.515. The summed E-state index contributed by atoms with van der Waals surface area (Å²) in [4.78, 5) is 53.4. The molecule has 2 aliphatic rings. The predicted molar refractivity (Wildman–Crippen MR) is 143 cm³/mol. The summed E-state index contributed by atoms with van der Waals surface area (Å²) in [6, 6.07) is 12.6. The average Bonchev–Trinajstić information content (AvgIpc) is 3.11. The molecule has 0 bridgehead atoms. The van der Waals surface area contributed by atoms with Gasteiger partial charge in [0.2, 0.25) is 5.91 Å². The van der Waals surface area contributed by atoms with Crippen LogP contribution in [0.1, 0.15) is 30.4 Å². The number of likely N-dealkylation sites (tertiary alicyclic amines) is 1. The highest BCUT2D eigenvalue weighted by molar-refractivity contribution is 9.10. The monoisotopic (exact) mass is 571 g/mol. The number of anilines is 1. The quantitative estimate of drug-likeness (QED) is 0.478. The van der Waals surface area contributed by atoms with Crippen molar-refractivity contribution in [2.45, 2.75) is 26.2 Å². The Morgan fingerprint density at radius 3 is 2.64 bits per heavy atom. The summed E-state index contributed by atoms with van der Waals surface area (Å²) in [6.07, 6.45) is 4.50. The number of thioether (sulfide) groups is 1. The highest BCUT2D eigenvalue weighted by Gasteiger charge is 2.37. The van der Waals surface area contributed by atoms with E-state index in [4.69, 9.17) is 4.74 Å². The van der Waals surface area contributed by atoms with E-state index in [9.17, 15) is 19.2 Å². The Labute approximate surface area is 222 Å². The summed E-state index contributed by atoms with van der Waals surface area (Å²) in [5, 5.41) is 2.31. The Kier molecular flexibility index (Phi) is 8.48. The summed E-state index contributed by atoms with van der Waals surface area (Å²) in [6.45, 7) is 2.75. The van der Waals surface area contributed by atoms with Gasteiger partial charge in [0.15, 0.2) is 6.61 Å². The SMILES string of the molecule is Cc1cccc(NC(=O)COc2ccc(Br)cc2/C=C2\SC(=O)N(CC(=O)N3CCCCC3)C2=O)c1. The van der Waals surface area contributed by atoms with E-state index in [0.717, 1.165) is 46.0 Å². The van der Waals surface area contributed by atoms with Crippen molar-refractivity contribution in [3.63, 3.8) is 0 Å². The van der Waals surface area contributed by atoms with Crippen LogP contribution in [0.25, 0.3) is 6.08 Å². The van der Waals surface area contributed by atoms with E-state index in [1.807, 2.05) is 25.1 Å². The summed E-state index contributed by atoms with van der Waals surface area (Å²) in [5.41, 5.74) is 2.23. The Balaban J connectivity index is 1.44. The Morgan fingerprint density at radius 1 is 1.11 bits per heavy atom. The predicted octanol–water partition coefficient (Wildman–Crippen LogP) is 4.82. The fourth-order valence-corrected chi connectivity index (χ4v) is 5.19. The van der Waals surface area contributed by atoms with Crippen molar-refractivity contribution in [3.05, 3.63) is 63.0 Å². The van der Waals surface area contributed by atoms with E-state index in [1.165, 1.54) is 0 Å². The highest BCUT2D eigenvalue weighted by atomic mass is 79.9. The van der Waals surface area contributed by atoms with E-state index >= 15 is 0 Å². The van der Waals surface area contributed by atoms with Gasteiger partial charge < -0.3 is 15.0 Å². The standard InChI is InChI=1S/C26H26BrN3O5S/c1-17-6-5-7-20(12-17)28-23(31)16-35-21-9-8-19(27)13-18(21)14-22-25(33)30(26(34)36-22)15-24(32)29-10-3-2-4-11-29/h5-9,12-14H,2-4,10-11,15-16H2,1H3,(H,28,31)/b22-14-. The van der Waals surface area contributed by atoms with Gasteiger partial charge >= 0.3 is 0 Å². The number of aryl methyl sites for hydroxylation is 1. The molecule has 36 heavy (non-hydrogen) atoms. The molecule has 4 rings (SSSR count). The van der Waals surface area contributed by atoms with Gasteiger partial charge in [-0.05, 0) is 79.9 Å². The zero-order chi connectivity index (χ0) is 25.7. The van der Waals surface area contributed by atoms with E-state index < -0.39 is 11.1 Å². The normalized spacial score (nSPS) is 17.0. The molecule has 1 N–H and O–H groups in total. The van der Waals surface area contributed by atoms with Gasteiger partial charge in [0, 0.05) is 28.8 Å². The smallest absolute Gasteiger partial charge is 0.294 e. The molecular formula is C26H26BrN3O5S. The number of halogens is 1. The number of carbonyl (C=O) groups is 4. The number of imide groups is 1. The molecule has 0 aromatic heterocycles. The first-order chi connectivity index (χ1) is 17.3. The van der Waals surface area contributed by atoms with E-state index in [1.54, 1.807) is 35.2 Å². The lowest BCUT2D eigenvalue weighted by Crippen LogP contribution is -2.44. The van der Waals surface area contributed by atoms with Gasteiger partial charge in [-0.3, -0.25) is 24.1 Å². The summed E-state index contributed by atoms with van der Waals surface area (Å²) in [7, 11) is 0. The molecule has 0 saturated carbocycles. The minimum Gasteiger partial charge on any atom is -0.483 e. The fourth-order valence-electron chi connectivity index (χ4n) is 3.98. The van der Waals surface area contributed by atoms with Crippen LogP contribution < -0.4 is 10.1 Å². The Hall–Kier alpha value is -3.11. The number of rotatable bonds is 7. The molecule has 2 aromatic rings. The van der Waals surface area contributed by atoms with Crippen LogP contribution in [0.3, 0.4) is 0 Å². The van der Waals surface area contributed by atoms with Gasteiger partial charge in [-0.25, -0.2) is 0 Å². The number of ether oxygens (including phenoxy) is 1. The number of hydrogen-bond donors (Lipinski definition) is 1. The third-order valence-corrected chi connectivity index (χ3v) is 7.20. The van der Waals surface area contributed by atoms with Crippen molar-refractivity contribution in [2.75, 3.05) is 31.6 Å². The summed E-state index contributed by atoms with van der Waals surface area (Å²) < 4.78 is 6.48. The van der Waals surface area contributed by atoms with Gasteiger partial charge in [0.05, 0.1) is 4.91 Å². The minimum absolute atomic E-state index is 0.193. The molecule has 0 unspecified atom stereocenters. The van der Waals surface area contributed by atoms with Crippen LogP contribution in [0.2, 0.25) is 0 Å². The molecule has 10 heteroatoms. The number of benzene rings is 2. The molecule has 8 nitrogen and oxygen atoms in total. The average molecular weight is 572 g/mol. The third-order valence-electron chi connectivity index (χ3n) is 5.79. The van der Waals surface area contributed by atoms with Crippen molar-refractivity contribution in [1.29, 1.82) is 0 Å². The summed E-state index contributed by atoms with van der Waals surface area (Å²) in [5.74, 6) is -0.678.